The van der Waals surface area contributed by atoms with Crippen LogP contribution in [0.2, 0.25) is 0 Å². The summed E-state index contributed by atoms with van der Waals surface area (Å²) in [5.41, 5.74) is 3.80. The molecule has 1 unspecified atom stereocenters. The molecule has 2 aromatic rings. The highest BCUT2D eigenvalue weighted by atomic mass is 32.2. The molecule has 1 atom stereocenters. The van der Waals surface area contributed by atoms with Crippen LogP contribution in [0.1, 0.15) is 34.7 Å². The molecule has 122 valence electrons. The van der Waals surface area contributed by atoms with Gasteiger partial charge in [-0.3, -0.25) is 0 Å². The Morgan fingerprint density at radius 1 is 1.04 bits per heavy atom. The largest absolute Gasteiger partial charge is 0.493 e. The summed E-state index contributed by atoms with van der Waals surface area (Å²) in [5, 5.41) is 0. The van der Waals surface area contributed by atoms with Gasteiger partial charge in [0.15, 0.2) is 0 Å². The molecule has 0 aromatic heterocycles. The third kappa shape index (κ3) is 3.26. The maximum Gasteiger partial charge on any atom is 0.241 e. The van der Waals surface area contributed by atoms with Gasteiger partial charge in [0.1, 0.15) is 5.75 Å². The van der Waals surface area contributed by atoms with Crippen LogP contribution in [0.15, 0.2) is 41.3 Å². The fraction of sp³-hybridized carbons (Fsp3) is 0.333. The SMILES string of the molecule is Cc1ccc(S(=O)(=O)NC2CCOc3ccc(C)cc32)c(C)c1. The number of ether oxygens (including phenoxy) is 1. The molecule has 0 aliphatic carbocycles. The van der Waals surface area contributed by atoms with Gasteiger partial charge in [0.25, 0.3) is 0 Å². The second-order valence-corrected chi connectivity index (χ2v) is 7.80. The van der Waals surface area contributed by atoms with Gasteiger partial charge in [-0.25, -0.2) is 13.1 Å². The van der Waals surface area contributed by atoms with Crippen LogP contribution in [-0.2, 0) is 10.0 Å². The minimum absolute atomic E-state index is 0.260. The van der Waals surface area contributed by atoms with Crippen molar-refractivity contribution in [3.8, 4) is 5.75 Å². The summed E-state index contributed by atoms with van der Waals surface area (Å²) in [4.78, 5) is 0.337. The molecule has 2 aromatic carbocycles. The molecule has 0 amide bonds. The molecular weight excluding hydrogens is 310 g/mol. The zero-order valence-electron chi connectivity index (χ0n) is 13.6. The normalized spacial score (nSPS) is 17.4. The zero-order valence-corrected chi connectivity index (χ0v) is 14.4. The monoisotopic (exact) mass is 331 g/mol. The second kappa shape index (κ2) is 5.98. The van der Waals surface area contributed by atoms with E-state index in [-0.39, 0.29) is 6.04 Å². The van der Waals surface area contributed by atoms with Crippen molar-refractivity contribution in [3.63, 3.8) is 0 Å². The van der Waals surface area contributed by atoms with Crippen molar-refractivity contribution < 1.29 is 13.2 Å². The molecular formula is C18H21NO3S. The molecule has 23 heavy (non-hydrogen) atoms. The van der Waals surface area contributed by atoms with Crippen molar-refractivity contribution in [3.05, 3.63) is 58.7 Å². The maximum absolute atomic E-state index is 12.8. The van der Waals surface area contributed by atoms with E-state index >= 15 is 0 Å². The van der Waals surface area contributed by atoms with E-state index in [9.17, 15) is 8.42 Å². The lowest BCUT2D eigenvalue weighted by molar-refractivity contribution is 0.263. The van der Waals surface area contributed by atoms with E-state index in [1.54, 1.807) is 6.07 Å². The first-order valence-electron chi connectivity index (χ1n) is 7.70. The van der Waals surface area contributed by atoms with E-state index in [0.29, 0.717) is 17.9 Å². The van der Waals surface area contributed by atoms with Crippen molar-refractivity contribution in [1.82, 2.24) is 4.72 Å². The zero-order chi connectivity index (χ0) is 16.6. The first-order chi connectivity index (χ1) is 10.9. The Kier molecular flexibility index (Phi) is 4.17. The molecule has 0 bridgehead atoms. The van der Waals surface area contributed by atoms with E-state index in [4.69, 9.17) is 4.74 Å². The summed E-state index contributed by atoms with van der Waals surface area (Å²) in [6.07, 6.45) is 0.626. The van der Waals surface area contributed by atoms with Gasteiger partial charge in [-0.05, 0) is 38.5 Å². The fourth-order valence-corrected chi connectivity index (χ4v) is 4.46. The average molecular weight is 331 g/mol. The van der Waals surface area contributed by atoms with Crippen LogP contribution in [0.5, 0.6) is 5.75 Å². The van der Waals surface area contributed by atoms with E-state index < -0.39 is 10.0 Å². The molecule has 1 heterocycles. The fourth-order valence-electron chi connectivity index (χ4n) is 2.99. The first-order valence-corrected chi connectivity index (χ1v) is 9.18. The molecule has 1 aliphatic rings. The Hall–Kier alpha value is -1.85. The van der Waals surface area contributed by atoms with E-state index in [1.165, 1.54) is 0 Å². The third-order valence-electron chi connectivity index (χ3n) is 4.12. The molecule has 4 nitrogen and oxygen atoms in total. The van der Waals surface area contributed by atoms with Gasteiger partial charge in [0.05, 0.1) is 17.5 Å². The van der Waals surface area contributed by atoms with Crippen LogP contribution < -0.4 is 9.46 Å². The summed E-state index contributed by atoms with van der Waals surface area (Å²) in [6, 6.07) is 11.0. The van der Waals surface area contributed by atoms with Gasteiger partial charge in [0, 0.05) is 12.0 Å². The molecule has 5 heteroatoms. The Balaban J connectivity index is 1.95. The lowest BCUT2D eigenvalue weighted by Crippen LogP contribution is -2.32. The molecule has 0 spiro atoms. The first kappa shape index (κ1) is 16.0. The van der Waals surface area contributed by atoms with Crippen LogP contribution in [0, 0.1) is 20.8 Å². The number of benzene rings is 2. The van der Waals surface area contributed by atoms with Crippen molar-refractivity contribution in [2.75, 3.05) is 6.61 Å². The summed E-state index contributed by atoms with van der Waals surface area (Å²) >= 11 is 0. The highest BCUT2D eigenvalue weighted by molar-refractivity contribution is 7.89. The highest BCUT2D eigenvalue weighted by Crippen LogP contribution is 2.34. The van der Waals surface area contributed by atoms with Crippen LogP contribution >= 0.6 is 0 Å². The van der Waals surface area contributed by atoms with E-state index in [0.717, 1.165) is 28.0 Å². The molecule has 0 saturated carbocycles. The molecule has 0 radical (unpaired) electrons. The molecule has 0 fully saturated rings. The minimum atomic E-state index is -3.57. The Morgan fingerprint density at radius 3 is 2.48 bits per heavy atom. The second-order valence-electron chi connectivity index (χ2n) is 6.12. The minimum Gasteiger partial charge on any atom is -0.493 e. The molecule has 3 rings (SSSR count). The lowest BCUT2D eigenvalue weighted by Gasteiger charge is -2.27. The van der Waals surface area contributed by atoms with Crippen molar-refractivity contribution in [1.29, 1.82) is 0 Å². The van der Waals surface area contributed by atoms with Crippen LogP contribution in [0.4, 0.5) is 0 Å². The molecule has 1 aliphatic heterocycles. The van der Waals surface area contributed by atoms with Gasteiger partial charge in [-0.15, -0.1) is 0 Å². The van der Waals surface area contributed by atoms with E-state index in [1.807, 2.05) is 51.1 Å². The van der Waals surface area contributed by atoms with Gasteiger partial charge in [-0.1, -0.05) is 35.4 Å². The number of rotatable bonds is 3. The van der Waals surface area contributed by atoms with Crippen molar-refractivity contribution in [2.45, 2.75) is 38.1 Å². The number of aryl methyl sites for hydroxylation is 3. The average Bonchev–Trinajstić information content (AvgIpc) is 2.47. The van der Waals surface area contributed by atoms with Crippen molar-refractivity contribution in [2.24, 2.45) is 0 Å². The summed E-state index contributed by atoms with van der Waals surface area (Å²) in [5.74, 6) is 0.759. The Labute approximate surface area is 137 Å². The quantitative estimate of drug-likeness (QED) is 0.937. The van der Waals surface area contributed by atoms with Gasteiger partial charge in [-0.2, -0.15) is 0 Å². The topological polar surface area (TPSA) is 55.4 Å². The third-order valence-corrected chi connectivity index (χ3v) is 5.75. The van der Waals surface area contributed by atoms with Crippen LogP contribution in [-0.4, -0.2) is 15.0 Å². The lowest BCUT2D eigenvalue weighted by atomic mass is 10.00. The smallest absolute Gasteiger partial charge is 0.241 e. The van der Waals surface area contributed by atoms with Crippen LogP contribution in [0.25, 0.3) is 0 Å². The summed E-state index contributed by atoms with van der Waals surface area (Å²) in [6.45, 7) is 6.28. The number of sulfonamides is 1. The van der Waals surface area contributed by atoms with E-state index in [2.05, 4.69) is 4.72 Å². The standard InChI is InChI=1S/C18H21NO3S/c1-12-5-7-18(14(3)10-12)23(20,21)19-16-8-9-22-17-6-4-13(2)11-15(16)17/h4-7,10-11,16,19H,8-9H2,1-3H3. The number of fused-ring (bicyclic) bond motifs is 1. The predicted molar refractivity (Wildman–Crippen MR) is 90.3 cm³/mol. The maximum atomic E-state index is 12.8. The van der Waals surface area contributed by atoms with Gasteiger partial charge >= 0.3 is 0 Å². The summed E-state index contributed by atoms with van der Waals surface area (Å²) < 4.78 is 34.0. The Bertz CT molecular complexity index is 843. The van der Waals surface area contributed by atoms with Crippen LogP contribution in [0.3, 0.4) is 0 Å². The summed E-state index contributed by atoms with van der Waals surface area (Å²) in [7, 11) is -3.57. The highest BCUT2D eigenvalue weighted by Gasteiger charge is 2.27. The van der Waals surface area contributed by atoms with Gasteiger partial charge in [0.2, 0.25) is 10.0 Å². The Morgan fingerprint density at radius 2 is 1.74 bits per heavy atom. The predicted octanol–water partition coefficient (Wildman–Crippen LogP) is 3.41. The molecule has 0 saturated heterocycles. The number of hydrogen-bond donors (Lipinski definition) is 1. The van der Waals surface area contributed by atoms with Gasteiger partial charge < -0.3 is 4.74 Å². The van der Waals surface area contributed by atoms with Crippen molar-refractivity contribution >= 4 is 10.0 Å². The number of nitrogens with one attached hydrogen (secondary N) is 1. The number of hydrogen-bond acceptors (Lipinski definition) is 3. The molecule has 1 N–H and O–H groups in total.